The molecule has 2 rings (SSSR count). The number of rotatable bonds is 3. The minimum atomic E-state index is -1.09. The van der Waals surface area contributed by atoms with E-state index in [1.807, 2.05) is 13.8 Å². The van der Waals surface area contributed by atoms with E-state index in [9.17, 15) is 18.7 Å². The number of aliphatic carboxylic acids is 1. The van der Waals surface area contributed by atoms with Crippen molar-refractivity contribution in [3.8, 4) is 0 Å². The Hall–Kier alpha value is -1.53. The molecule has 3 unspecified atom stereocenters. The second kappa shape index (κ2) is 5.85. The van der Waals surface area contributed by atoms with Gasteiger partial charge in [-0.05, 0) is 31.5 Å². The lowest BCUT2D eigenvalue weighted by Crippen LogP contribution is -2.48. The molecule has 1 saturated heterocycles. The van der Waals surface area contributed by atoms with E-state index >= 15 is 0 Å². The van der Waals surface area contributed by atoms with Crippen LogP contribution < -0.4 is 0 Å². The van der Waals surface area contributed by atoms with Crippen molar-refractivity contribution in [2.75, 3.05) is 13.1 Å². The van der Waals surface area contributed by atoms with Crippen molar-refractivity contribution < 1.29 is 23.4 Å². The van der Waals surface area contributed by atoms with Gasteiger partial charge in [0.2, 0.25) is 0 Å². The van der Waals surface area contributed by atoms with Crippen LogP contribution in [0.3, 0.4) is 0 Å². The molecule has 0 spiro atoms. The average Bonchev–Trinajstić information content (AvgIpc) is 2.32. The summed E-state index contributed by atoms with van der Waals surface area (Å²) in [5, 5.41) is 9.41. The molecule has 1 heterocycles. The molecule has 0 aliphatic carbocycles. The fourth-order valence-corrected chi connectivity index (χ4v) is 2.62. The highest BCUT2D eigenvalue weighted by atomic mass is 19.2. The van der Waals surface area contributed by atoms with E-state index < -0.39 is 23.6 Å². The molecule has 4 nitrogen and oxygen atoms in total. The number of carboxylic acids is 1. The molecule has 0 bridgehead atoms. The molecule has 0 saturated carbocycles. The van der Waals surface area contributed by atoms with Crippen molar-refractivity contribution >= 4 is 5.97 Å². The highest BCUT2D eigenvalue weighted by Crippen LogP contribution is 2.26. The van der Waals surface area contributed by atoms with Crippen molar-refractivity contribution in [3.63, 3.8) is 0 Å². The van der Waals surface area contributed by atoms with Crippen LogP contribution in [0.5, 0.6) is 0 Å². The van der Waals surface area contributed by atoms with Crippen LogP contribution in [0.25, 0.3) is 0 Å². The Balaban J connectivity index is 2.30. The Morgan fingerprint density at radius 1 is 1.30 bits per heavy atom. The summed E-state index contributed by atoms with van der Waals surface area (Å²) in [6.45, 7) is 4.57. The van der Waals surface area contributed by atoms with E-state index in [0.717, 1.165) is 12.1 Å². The Labute approximate surface area is 116 Å². The minimum absolute atomic E-state index is 0.106. The molecular formula is C14H17F2NO3. The molecular weight excluding hydrogens is 268 g/mol. The second-order valence-electron chi connectivity index (χ2n) is 5.13. The maximum atomic E-state index is 13.3. The predicted molar refractivity (Wildman–Crippen MR) is 68.3 cm³/mol. The lowest BCUT2D eigenvalue weighted by molar-refractivity contribution is -0.149. The summed E-state index contributed by atoms with van der Waals surface area (Å²) in [4.78, 5) is 13.2. The van der Waals surface area contributed by atoms with E-state index in [0.29, 0.717) is 13.1 Å². The molecule has 0 radical (unpaired) electrons. The summed E-state index contributed by atoms with van der Waals surface area (Å²) in [5.74, 6) is -3.11. The SMILES string of the molecule is CC1CN(C(C(=O)O)c2ccc(F)c(F)c2)CC(C)O1. The van der Waals surface area contributed by atoms with Gasteiger partial charge in [-0.25, -0.2) is 8.78 Å². The lowest BCUT2D eigenvalue weighted by atomic mass is 10.0. The van der Waals surface area contributed by atoms with Gasteiger partial charge in [-0.15, -0.1) is 0 Å². The largest absolute Gasteiger partial charge is 0.480 e. The van der Waals surface area contributed by atoms with E-state index in [2.05, 4.69) is 0 Å². The van der Waals surface area contributed by atoms with Crippen LogP contribution in [0.15, 0.2) is 18.2 Å². The van der Waals surface area contributed by atoms with Crippen LogP contribution in [-0.4, -0.2) is 41.3 Å². The van der Waals surface area contributed by atoms with E-state index in [4.69, 9.17) is 4.74 Å². The predicted octanol–water partition coefficient (Wildman–Crippen LogP) is 2.20. The zero-order valence-electron chi connectivity index (χ0n) is 11.3. The highest BCUT2D eigenvalue weighted by Gasteiger charge is 2.33. The van der Waals surface area contributed by atoms with Gasteiger partial charge in [-0.2, -0.15) is 0 Å². The maximum absolute atomic E-state index is 13.3. The first kappa shape index (κ1) is 14.9. The van der Waals surface area contributed by atoms with Gasteiger partial charge in [0.25, 0.3) is 0 Å². The second-order valence-corrected chi connectivity index (χ2v) is 5.13. The van der Waals surface area contributed by atoms with Crippen LogP contribution >= 0.6 is 0 Å². The topological polar surface area (TPSA) is 49.8 Å². The zero-order valence-corrected chi connectivity index (χ0v) is 11.3. The summed E-state index contributed by atoms with van der Waals surface area (Å²) in [7, 11) is 0. The molecule has 1 aromatic carbocycles. The van der Waals surface area contributed by atoms with Gasteiger partial charge in [-0.3, -0.25) is 9.69 Å². The van der Waals surface area contributed by atoms with E-state index in [1.54, 1.807) is 4.90 Å². The molecule has 0 aromatic heterocycles. The Bertz CT molecular complexity index is 499. The third-order valence-electron chi connectivity index (χ3n) is 3.31. The van der Waals surface area contributed by atoms with Crippen LogP contribution in [0, 0.1) is 11.6 Å². The molecule has 0 amide bonds. The van der Waals surface area contributed by atoms with E-state index in [1.165, 1.54) is 6.07 Å². The van der Waals surface area contributed by atoms with Gasteiger partial charge < -0.3 is 9.84 Å². The summed E-state index contributed by atoms with van der Waals surface area (Å²) in [6, 6.07) is 2.20. The molecule has 1 fully saturated rings. The summed E-state index contributed by atoms with van der Waals surface area (Å²) >= 11 is 0. The zero-order chi connectivity index (χ0) is 14.9. The summed E-state index contributed by atoms with van der Waals surface area (Å²) in [5.41, 5.74) is 0.234. The van der Waals surface area contributed by atoms with Crippen LogP contribution in [0.2, 0.25) is 0 Å². The van der Waals surface area contributed by atoms with Crippen molar-refractivity contribution in [2.24, 2.45) is 0 Å². The fourth-order valence-electron chi connectivity index (χ4n) is 2.62. The molecule has 1 aliphatic heterocycles. The van der Waals surface area contributed by atoms with Crippen LogP contribution in [0.1, 0.15) is 25.5 Å². The first-order chi connectivity index (χ1) is 9.38. The van der Waals surface area contributed by atoms with Gasteiger partial charge in [0.15, 0.2) is 11.6 Å². The number of nitrogens with zero attached hydrogens (tertiary/aromatic N) is 1. The number of halogens is 2. The average molecular weight is 285 g/mol. The number of hydrogen-bond acceptors (Lipinski definition) is 3. The monoisotopic (exact) mass is 285 g/mol. The Morgan fingerprint density at radius 2 is 1.90 bits per heavy atom. The third-order valence-corrected chi connectivity index (χ3v) is 3.31. The number of benzene rings is 1. The maximum Gasteiger partial charge on any atom is 0.325 e. The third kappa shape index (κ3) is 3.13. The van der Waals surface area contributed by atoms with Crippen molar-refractivity contribution in [3.05, 3.63) is 35.4 Å². The van der Waals surface area contributed by atoms with Crippen LogP contribution in [-0.2, 0) is 9.53 Å². The Morgan fingerprint density at radius 3 is 2.40 bits per heavy atom. The summed E-state index contributed by atoms with van der Waals surface area (Å²) < 4.78 is 31.8. The van der Waals surface area contributed by atoms with Crippen LogP contribution in [0.4, 0.5) is 8.78 Å². The quantitative estimate of drug-likeness (QED) is 0.925. The molecule has 1 N–H and O–H groups in total. The van der Waals surface area contributed by atoms with Crippen molar-refractivity contribution in [2.45, 2.75) is 32.1 Å². The molecule has 1 aliphatic rings. The lowest BCUT2D eigenvalue weighted by Gasteiger charge is -2.38. The number of carbonyl (C=O) groups is 1. The fraction of sp³-hybridized carbons (Fsp3) is 0.500. The summed E-state index contributed by atoms with van der Waals surface area (Å²) in [6.07, 6.45) is -0.211. The smallest absolute Gasteiger partial charge is 0.325 e. The van der Waals surface area contributed by atoms with Gasteiger partial charge in [0.1, 0.15) is 6.04 Å². The van der Waals surface area contributed by atoms with E-state index in [-0.39, 0.29) is 17.8 Å². The highest BCUT2D eigenvalue weighted by molar-refractivity contribution is 5.75. The number of morpholine rings is 1. The van der Waals surface area contributed by atoms with Gasteiger partial charge in [-0.1, -0.05) is 6.07 Å². The van der Waals surface area contributed by atoms with Crippen molar-refractivity contribution in [1.82, 2.24) is 4.90 Å². The molecule has 6 heteroatoms. The number of ether oxygens (including phenoxy) is 1. The standard InChI is InChI=1S/C14H17F2NO3/c1-8-6-17(7-9(2)20-8)13(14(18)19)10-3-4-11(15)12(16)5-10/h3-5,8-9,13H,6-7H2,1-2H3,(H,18,19). The van der Waals surface area contributed by atoms with Gasteiger partial charge in [0, 0.05) is 13.1 Å². The van der Waals surface area contributed by atoms with Crippen molar-refractivity contribution in [1.29, 1.82) is 0 Å². The first-order valence-electron chi connectivity index (χ1n) is 6.45. The first-order valence-corrected chi connectivity index (χ1v) is 6.45. The molecule has 20 heavy (non-hydrogen) atoms. The Kier molecular flexibility index (Phi) is 4.35. The molecule has 3 atom stereocenters. The minimum Gasteiger partial charge on any atom is -0.480 e. The molecule has 1 aromatic rings. The van der Waals surface area contributed by atoms with Gasteiger partial charge >= 0.3 is 5.97 Å². The number of hydrogen-bond donors (Lipinski definition) is 1. The molecule has 110 valence electrons. The number of carboxylic acid groups (broad SMARTS) is 1. The van der Waals surface area contributed by atoms with Gasteiger partial charge in [0.05, 0.1) is 12.2 Å². The normalized spacial score (nSPS) is 25.4.